The summed E-state index contributed by atoms with van der Waals surface area (Å²) in [4.78, 5) is 23.9. The van der Waals surface area contributed by atoms with Crippen molar-refractivity contribution < 1.29 is 9.32 Å². The Morgan fingerprint density at radius 2 is 2.09 bits per heavy atom. The maximum atomic E-state index is 11.9. The molecule has 0 saturated carbocycles. The highest BCUT2D eigenvalue weighted by Gasteiger charge is 2.14. The molecule has 0 aromatic carbocycles. The van der Waals surface area contributed by atoms with Gasteiger partial charge in [0, 0.05) is 18.2 Å². The van der Waals surface area contributed by atoms with Gasteiger partial charge in [0.05, 0.1) is 17.8 Å². The van der Waals surface area contributed by atoms with E-state index in [0.29, 0.717) is 17.7 Å². The first-order chi connectivity index (χ1) is 10.5. The monoisotopic (exact) mass is 304 g/mol. The molecular weight excluding hydrogens is 284 g/mol. The van der Waals surface area contributed by atoms with Crippen LogP contribution < -0.4 is 10.9 Å². The lowest BCUT2D eigenvalue weighted by Crippen LogP contribution is -2.30. The van der Waals surface area contributed by atoms with Crippen LogP contribution in [0.15, 0.2) is 15.4 Å². The fourth-order valence-corrected chi connectivity index (χ4v) is 2.37. The summed E-state index contributed by atoms with van der Waals surface area (Å²) >= 11 is 0. The van der Waals surface area contributed by atoms with Crippen LogP contribution >= 0.6 is 0 Å². The van der Waals surface area contributed by atoms with E-state index >= 15 is 0 Å². The molecule has 0 fully saturated rings. The number of carbonyl (C=O) groups excluding carboxylic acids is 1. The normalized spacial score (nSPS) is 10.7. The largest absolute Gasteiger partial charge is 0.361 e. The standard InChI is InChI=1S/C15H20N4O3/c1-4-11-12(15(21)18-17-13(11)5-2)8-16-14(20)7-10-6-9(3)19-22-10/h6H,4-5,7-8H2,1-3H3,(H,16,20)(H,18,21). The molecule has 0 radical (unpaired) electrons. The Morgan fingerprint density at radius 1 is 1.32 bits per heavy atom. The molecule has 2 aromatic rings. The molecule has 2 aromatic heterocycles. The number of aromatic amines is 1. The number of nitrogens with zero attached hydrogens (tertiary/aromatic N) is 2. The first kappa shape index (κ1) is 15.9. The summed E-state index contributed by atoms with van der Waals surface area (Å²) in [6, 6.07) is 1.71. The highest BCUT2D eigenvalue weighted by atomic mass is 16.5. The minimum absolute atomic E-state index is 0.103. The van der Waals surface area contributed by atoms with Crippen molar-refractivity contribution >= 4 is 5.91 Å². The number of nitrogens with one attached hydrogen (secondary N) is 2. The van der Waals surface area contributed by atoms with Crippen LogP contribution in [0, 0.1) is 6.92 Å². The molecule has 2 N–H and O–H groups in total. The van der Waals surface area contributed by atoms with Gasteiger partial charge in [-0.2, -0.15) is 5.10 Å². The van der Waals surface area contributed by atoms with Crippen molar-refractivity contribution in [2.24, 2.45) is 0 Å². The minimum Gasteiger partial charge on any atom is -0.361 e. The van der Waals surface area contributed by atoms with Crippen molar-refractivity contribution in [3.63, 3.8) is 0 Å². The first-order valence-corrected chi connectivity index (χ1v) is 7.33. The summed E-state index contributed by atoms with van der Waals surface area (Å²) in [5, 5.41) is 13.0. The van der Waals surface area contributed by atoms with Crippen LogP contribution in [0.25, 0.3) is 0 Å². The third kappa shape index (κ3) is 3.60. The van der Waals surface area contributed by atoms with Crippen molar-refractivity contribution in [1.29, 1.82) is 0 Å². The van der Waals surface area contributed by atoms with Gasteiger partial charge >= 0.3 is 0 Å². The van der Waals surface area contributed by atoms with Crippen LogP contribution in [0.2, 0.25) is 0 Å². The lowest BCUT2D eigenvalue weighted by Gasteiger charge is -2.11. The van der Waals surface area contributed by atoms with E-state index in [0.717, 1.165) is 23.4 Å². The molecular formula is C15H20N4O3. The van der Waals surface area contributed by atoms with E-state index < -0.39 is 0 Å². The van der Waals surface area contributed by atoms with Crippen molar-refractivity contribution in [1.82, 2.24) is 20.7 Å². The van der Waals surface area contributed by atoms with Gasteiger partial charge in [-0.05, 0) is 25.3 Å². The number of aromatic nitrogens is 3. The smallest absolute Gasteiger partial charge is 0.269 e. The van der Waals surface area contributed by atoms with E-state index in [2.05, 4.69) is 20.7 Å². The Labute approximate surface area is 128 Å². The van der Waals surface area contributed by atoms with Crippen LogP contribution in [-0.2, 0) is 30.6 Å². The zero-order chi connectivity index (χ0) is 16.1. The Hall–Kier alpha value is -2.44. The van der Waals surface area contributed by atoms with Gasteiger partial charge in [0.1, 0.15) is 5.76 Å². The SMILES string of the molecule is CCc1n[nH]c(=O)c(CNC(=O)Cc2cc(C)no2)c1CC. The minimum atomic E-state index is -0.259. The fraction of sp³-hybridized carbons (Fsp3) is 0.467. The lowest BCUT2D eigenvalue weighted by molar-refractivity contribution is -0.120. The second kappa shape index (κ2) is 7.02. The lowest BCUT2D eigenvalue weighted by atomic mass is 10.0. The molecule has 0 saturated heterocycles. The van der Waals surface area contributed by atoms with Gasteiger partial charge in [-0.15, -0.1) is 0 Å². The molecule has 0 unspecified atom stereocenters. The summed E-state index contributed by atoms with van der Waals surface area (Å²) in [6.07, 6.45) is 1.54. The Bertz CT molecular complexity index is 718. The van der Waals surface area contributed by atoms with E-state index in [-0.39, 0.29) is 24.4 Å². The molecule has 2 rings (SSSR count). The second-order valence-electron chi connectivity index (χ2n) is 5.05. The van der Waals surface area contributed by atoms with Crippen LogP contribution in [0.5, 0.6) is 0 Å². The number of aryl methyl sites for hydroxylation is 2. The van der Waals surface area contributed by atoms with Gasteiger partial charge < -0.3 is 9.84 Å². The van der Waals surface area contributed by atoms with Gasteiger partial charge in [0.25, 0.3) is 5.56 Å². The molecule has 0 aliphatic carbocycles. The van der Waals surface area contributed by atoms with Crippen LogP contribution in [-0.4, -0.2) is 21.3 Å². The molecule has 22 heavy (non-hydrogen) atoms. The van der Waals surface area contributed by atoms with E-state index in [1.807, 2.05) is 13.8 Å². The van der Waals surface area contributed by atoms with Gasteiger partial charge in [0.2, 0.25) is 5.91 Å². The molecule has 0 spiro atoms. The van der Waals surface area contributed by atoms with Crippen LogP contribution in [0.4, 0.5) is 0 Å². The van der Waals surface area contributed by atoms with Crippen molar-refractivity contribution in [3.05, 3.63) is 44.7 Å². The van der Waals surface area contributed by atoms with Crippen LogP contribution in [0.1, 0.15) is 42.1 Å². The highest BCUT2D eigenvalue weighted by Crippen LogP contribution is 2.10. The fourth-order valence-electron chi connectivity index (χ4n) is 2.37. The Balaban J connectivity index is 2.07. The summed E-state index contributed by atoms with van der Waals surface area (Å²) < 4.78 is 5.00. The molecule has 0 aliphatic heterocycles. The highest BCUT2D eigenvalue weighted by molar-refractivity contribution is 5.77. The number of amides is 1. The topological polar surface area (TPSA) is 101 Å². The number of H-pyrrole nitrogens is 1. The molecule has 0 atom stereocenters. The number of hydrogen-bond acceptors (Lipinski definition) is 5. The number of hydrogen-bond donors (Lipinski definition) is 2. The predicted octanol–water partition coefficient (Wildman–Crippen LogP) is 1.05. The summed E-state index contributed by atoms with van der Waals surface area (Å²) in [6.45, 7) is 5.92. The second-order valence-corrected chi connectivity index (χ2v) is 5.05. The predicted molar refractivity (Wildman–Crippen MR) is 80.4 cm³/mol. The van der Waals surface area contributed by atoms with Gasteiger partial charge in [-0.1, -0.05) is 19.0 Å². The third-order valence-corrected chi connectivity index (χ3v) is 3.44. The maximum absolute atomic E-state index is 11.9. The van der Waals surface area contributed by atoms with Gasteiger partial charge in [-0.3, -0.25) is 9.59 Å². The summed E-state index contributed by atoms with van der Waals surface area (Å²) in [7, 11) is 0. The summed E-state index contributed by atoms with van der Waals surface area (Å²) in [5.74, 6) is 0.288. The third-order valence-electron chi connectivity index (χ3n) is 3.44. The molecule has 2 heterocycles. The zero-order valence-corrected chi connectivity index (χ0v) is 13.0. The van der Waals surface area contributed by atoms with Gasteiger partial charge in [-0.25, -0.2) is 5.10 Å². The van der Waals surface area contributed by atoms with E-state index in [4.69, 9.17) is 4.52 Å². The number of carbonyl (C=O) groups is 1. The quantitative estimate of drug-likeness (QED) is 0.830. The molecule has 7 heteroatoms. The van der Waals surface area contributed by atoms with Crippen LogP contribution in [0.3, 0.4) is 0 Å². The summed E-state index contributed by atoms with van der Waals surface area (Å²) in [5.41, 5.74) is 2.80. The van der Waals surface area contributed by atoms with Crippen molar-refractivity contribution in [2.75, 3.05) is 0 Å². The molecule has 1 amide bonds. The Morgan fingerprint density at radius 3 is 2.68 bits per heavy atom. The molecule has 7 nitrogen and oxygen atoms in total. The average Bonchev–Trinajstić information content (AvgIpc) is 2.90. The maximum Gasteiger partial charge on any atom is 0.269 e. The Kier molecular flexibility index (Phi) is 5.08. The van der Waals surface area contributed by atoms with E-state index in [9.17, 15) is 9.59 Å². The molecule has 0 aliphatic rings. The van der Waals surface area contributed by atoms with E-state index in [1.165, 1.54) is 0 Å². The van der Waals surface area contributed by atoms with Gasteiger partial charge in [0.15, 0.2) is 0 Å². The molecule has 118 valence electrons. The number of rotatable bonds is 6. The average molecular weight is 304 g/mol. The molecule has 0 bridgehead atoms. The van der Waals surface area contributed by atoms with Crippen molar-refractivity contribution in [3.8, 4) is 0 Å². The van der Waals surface area contributed by atoms with Crippen molar-refractivity contribution in [2.45, 2.75) is 46.6 Å². The first-order valence-electron chi connectivity index (χ1n) is 7.33. The zero-order valence-electron chi connectivity index (χ0n) is 13.0. The van der Waals surface area contributed by atoms with E-state index in [1.54, 1.807) is 13.0 Å².